The van der Waals surface area contributed by atoms with Crippen LogP contribution in [0.3, 0.4) is 0 Å². The van der Waals surface area contributed by atoms with Crippen LogP contribution in [-0.2, 0) is 15.6 Å². The predicted octanol–water partition coefficient (Wildman–Crippen LogP) is 10.8. The van der Waals surface area contributed by atoms with Gasteiger partial charge in [0.1, 0.15) is 6.42 Å². The van der Waals surface area contributed by atoms with E-state index in [1.165, 1.54) is 70.1 Å². The minimum Gasteiger partial charge on any atom is -0.481 e. The lowest BCUT2D eigenvalue weighted by Crippen LogP contribution is -2.54. The molecule has 4 nitrogen and oxygen atoms in total. The normalized spacial score (nSPS) is 22.4. The maximum Gasteiger partial charge on any atom is 0.309 e. The van der Waals surface area contributed by atoms with Crippen LogP contribution in [0.1, 0.15) is 76.5 Å². The summed E-state index contributed by atoms with van der Waals surface area (Å²) in [6.45, 7) is 9.92. The van der Waals surface area contributed by atoms with Gasteiger partial charge >= 0.3 is 5.97 Å². The van der Waals surface area contributed by atoms with Crippen molar-refractivity contribution < 1.29 is 14.5 Å². The van der Waals surface area contributed by atoms with Crippen LogP contribution >= 0.6 is 0 Å². The molecule has 3 aliphatic rings. The summed E-state index contributed by atoms with van der Waals surface area (Å²) in [5.74, 6) is -0.785. The smallest absolute Gasteiger partial charge is 0.309 e. The summed E-state index contributed by atoms with van der Waals surface area (Å²) < 4.78 is 2.21. The Balaban J connectivity index is 1.13. The Bertz CT molecular complexity index is 2160. The van der Waals surface area contributed by atoms with Crippen LogP contribution in [0.4, 0.5) is 17.1 Å². The first-order valence-electron chi connectivity index (χ1n) is 17.8. The van der Waals surface area contributed by atoms with Crippen LogP contribution in [0, 0.1) is 0 Å². The maximum atomic E-state index is 11.7. The maximum absolute atomic E-state index is 11.7. The highest BCUT2D eigenvalue weighted by Gasteiger charge is 2.57. The second-order valence-electron chi connectivity index (χ2n) is 15.2. The van der Waals surface area contributed by atoms with E-state index in [1.807, 2.05) is 0 Å². The average molecular weight is 646 g/mol. The Morgan fingerprint density at radius 1 is 0.796 bits per heavy atom. The quantitative estimate of drug-likeness (QED) is 0.179. The summed E-state index contributed by atoms with van der Waals surface area (Å²) >= 11 is 0. The van der Waals surface area contributed by atoms with Crippen molar-refractivity contribution in [2.45, 2.75) is 76.2 Å². The van der Waals surface area contributed by atoms with Gasteiger partial charge in [-0.2, -0.15) is 4.58 Å². The molecule has 2 heterocycles. The molecular formula is C45H45N2O2+. The molecule has 49 heavy (non-hydrogen) atoms. The summed E-state index contributed by atoms with van der Waals surface area (Å²) in [4.78, 5) is 14.3. The second kappa shape index (κ2) is 11.6. The molecule has 246 valence electrons. The number of hydrogen-bond donors (Lipinski definition) is 1. The number of fused-ring (bicyclic) bond motifs is 6. The Morgan fingerprint density at radius 2 is 1.51 bits per heavy atom. The molecule has 5 aromatic carbocycles. The zero-order chi connectivity index (χ0) is 34.0. The number of anilines is 2. The number of carboxylic acid groups (broad SMARTS) is 1. The van der Waals surface area contributed by atoms with E-state index < -0.39 is 5.97 Å². The molecule has 0 amide bonds. The van der Waals surface area contributed by atoms with Crippen LogP contribution in [-0.4, -0.2) is 33.4 Å². The molecule has 0 aromatic heterocycles. The van der Waals surface area contributed by atoms with Gasteiger partial charge in [0.25, 0.3) is 0 Å². The van der Waals surface area contributed by atoms with Gasteiger partial charge in [0, 0.05) is 34.5 Å². The minimum atomic E-state index is -0.785. The van der Waals surface area contributed by atoms with Gasteiger partial charge in [0.2, 0.25) is 5.69 Å². The number of carboxylic acids is 1. The van der Waals surface area contributed by atoms with Gasteiger partial charge in [-0.3, -0.25) is 4.79 Å². The van der Waals surface area contributed by atoms with Crippen molar-refractivity contribution in [1.82, 2.24) is 0 Å². The number of carbonyl (C=O) groups is 1. The first-order valence-corrected chi connectivity index (χ1v) is 17.8. The molecule has 1 saturated carbocycles. The van der Waals surface area contributed by atoms with E-state index in [9.17, 15) is 9.90 Å². The topological polar surface area (TPSA) is 43.5 Å². The molecule has 0 bridgehead atoms. The van der Waals surface area contributed by atoms with E-state index in [1.54, 1.807) is 0 Å². The molecule has 0 radical (unpaired) electrons. The van der Waals surface area contributed by atoms with Gasteiger partial charge in [-0.25, -0.2) is 0 Å². The van der Waals surface area contributed by atoms with Crippen molar-refractivity contribution >= 4 is 45.6 Å². The first-order chi connectivity index (χ1) is 23.6. The summed E-state index contributed by atoms with van der Waals surface area (Å²) in [6, 6.07) is 39.7. The van der Waals surface area contributed by atoms with Gasteiger partial charge in [-0.05, 0) is 103 Å². The molecule has 1 aliphatic carbocycles. The molecule has 8 rings (SSSR count). The van der Waals surface area contributed by atoms with Crippen molar-refractivity contribution in [3.8, 4) is 11.1 Å². The fourth-order valence-electron chi connectivity index (χ4n) is 9.34. The highest BCUT2D eigenvalue weighted by Crippen LogP contribution is 2.61. The average Bonchev–Trinajstić information content (AvgIpc) is 3.46. The number of hydrogen-bond acceptors (Lipinski definition) is 2. The Labute approximate surface area is 290 Å². The van der Waals surface area contributed by atoms with Crippen molar-refractivity contribution in [1.29, 1.82) is 0 Å². The number of allylic oxidation sites excluding steroid dienone is 1. The third-order valence-electron chi connectivity index (χ3n) is 12.1. The Morgan fingerprint density at radius 3 is 2.29 bits per heavy atom. The van der Waals surface area contributed by atoms with E-state index in [-0.39, 0.29) is 22.8 Å². The lowest BCUT2D eigenvalue weighted by Gasteiger charge is -2.50. The molecular weight excluding hydrogens is 601 g/mol. The van der Waals surface area contributed by atoms with Crippen LogP contribution in [0.5, 0.6) is 0 Å². The van der Waals surface area contributed by atoms with Crippen molar-refractivity contribution in [2.75, 3.05) is 11.4 Å². The van der Waals surface area contributed by atoms with Gasteiger partial charge < -0.3 is 10.0 Å². The largest absolute Gasteiger partial charge is 0.481 e. The minimum absolute atomic E-state index is 0.0399. The van der Waals surface area contributed by atoms with E-state index in [0.717, 1.165) is 17.0 Å². The number of aliphatic carboxylic acids is 1. The second-order valence-corrected chi connectivity index (χ2v) is 15.2. The third-order valence-corrected chi connectivity index (χ3v) is 12.1. The van der Waals surface area contributed by atoms with Crippen LogP contribution in [0.25, 0.3) is 28.0 Å². The SMILES string of the molecule is CC1(C)C(/C=C/c2ccc(-c3ccc4c(c3)C3(C)CCCCC3(C)N4c3ccccc3)cc2)=[N+](CCC(=O)O)c2ccc3ccccc3c21. The number of benzene rings is 5. The molecule has 0 spiro atoms. The number of nitrogens with zero attached hydrogens (tertiary/aromatic N) is 2. The fraction of sp³-hybridized carbons (Fsp3) is 0.289. The van der Waals surface area contributed by atoms with E-state index >= 15 is 0 Å². The standard InChI is InChI=1S/C45H44N2O2/c1-43(2)40(46(29-26-41(48)49)39-24-21-33-12-8-9-15-36(33)42(39)43)25-18-31-16-19-32(20-17-31)34-22-23-38-37(30-34)44(3)27-10-11-28-45(44,4)47(38)35-13-6-5-7-14-35/h5-9,12-25,30H,10-11,26-29H2,1-4H3/p+1. The van der Waals surface area contributed by atoms with Crippen LogP contribution in [0.15, 0.2) is 115 Å². The highest BCUT2D eigenvalue weighted by atomic mass is 16.4. The molecule has 2 unspecified atom stereocenters. The Kier molecular flexibility index (Phi) is 7.40. The molecule has 5 aromatic rings. The number of para-hydroxylation sites is 1. The monoisotopic (exact) mass is 645 g/mol. The molecule has 0 saturated heterocycles. The number of rotatable bonds is 7. The van der Waals surface area contributed by atoms with E-state index in [0.29, 0.717) is 6.54 Å². The molecule has 2 atom stereocenters. The molecule has 2 aliphatic heterocycles. The highest BCUT2D eigenvalue weighted by molar-refractivity contribution is 6.09. The predicted molar refractivity (Wildman–Crippen MR) is 203 cm³/mol. The summed E-state index contributed by atoms with van der Waals surface area (Å²) in [7, 11) is 0. The van der Waals surface area contributed by atoms with Crippen molar-refractivity contribution in [2.24, 2.45) is 0 Å². The lowest BCUT2D eigenvalue weighted by molar-refractivity contribution is -0.436. The van der Waals surface area contributed by atoms with Crippen LogP contribution in [0.2, 0.25) is 0 Å². The van der Waals surface area contributed by atoms with Crippen LogP contribution < -0.4 is 4.90 Å². The van der Waals surface area contributed by atoms with Gasteiger partial charge in [-0.1, -0.05) is 92.6 Å². The lowest BCUT2D eigenvalue weighted by atomic mass is 9.61. The van der Waals surface area contributed by atoms with E-state index in [2.05, 4.69) is 159 Å². The Hall–Kier alpha value is -4.96. The fourth-order valence-corrected chi connectivity index (χ4v) is 9.34. The zero-order valence-corrected chi connectivity index (χ0v) is 29.0. The molecule has 1 N–H and O–H groups in total. The van der Waals surface area contributed by atoms with Gasteiger partial charge in [0.15, 0.2) is 12.3 Å². The third kappa shape index (κ3) is 4.87. The summed E-state index contributed by atoms with van der Waals surface area (Å²) in [5.41, 5.74) is 11.0. The first kappa shape index (κ1) is 31.3. The molecule has 4 heteroatoms. The zero-order valence-electron chi connectivity index (χ0n) is 29.0. The summed E-state index contributed by atoms with van der Waals surface area (Å²) in [5, 5.41) is 12.0. The van der Waals surface area contributed by atoms with E-state index in [4.69, 9.17) is 0 Å². The molecule has 1 fully saturated rings. The van der Waals surface area contributed by atoms with Crippen molar-refractivity contribution in [3.05, 3.63) is 132 Å². The van der Waals surface area contributed by atoms with Crippen molar-refractivity contribution in [3.63, 3.8) is 0 Å². The van der Waals surface area contributed by atoms with Gasteiger partial charge in [-0.15, -0.1) is 0 Å². The van der Waals surface area contributed by atoms with Gasteiger partial charge in [0.05, 0.1) is 11.0 Å². The summed E-state index contributed by atoms with van der Waals surface area (Å²) in [6.07, 6.45) is 9.38.